The van der Waals surface area contributed by atoms with Gasteiger partial charge in [0, 0.05) is 24.4 Å². The number of hydrogen-bond acceptors (Lipinski definition) is 4. The Balaban J connectivity index is 1.62. The quantitative estimate of drug-likeness (QED) is 0.842. The molecule has 5 nitrogen and oxygen atoms in total. The van der Waals surface area contributed by atoms with Gasteiger partial charge in [-0.05, 0) is 45.2 Å². The predicted molar refractivity (Wildman–Crippen MR) is 91.0 cm³/mol. The first kappa shape index (κ1) is 16.2. The van der Waals surface area contributed by atoms with E-state index in [1.165, 1.54) is 45.2 Å². The lowest BCUT2D eigenvalue weighted by atomic mass is 9.96. The van der Waals surface area contributed by atoms with Crippen molar-refractivity contribution >= 4 is 0 Å². The molecule has 0 spiro atoms. The van der Waals surface area contributed by atoms with Gasteiger partial charge < -0.3 is 4.52 Å². The Bertz CT molecular complexity index is 631. The van der Waals surface area contributed by atoms with Crippen molar-refractivity contribution in [1.29, 1.82) is 0 Å². The fraction of sp³-hybridized carbons (Fsp3) is 0.667. The molecule has 3 rings (SSSR count). The number of nitrogens with zero attached hydrogens (tertiary/aromatic N) is 4. The second-order valence-corrected chi connectivity index (χ2v) is 6.81. The third-order valence-electron chi connectivity index (χ3n) is 5.09. The molecule has 2 aromatic heterocycles. The molecule has 0 N–H and O–H groups in total. The lowest BCUT2D eigenvalue weighted by Crippen LogP contribution is -2.24. The highest BCUT2D eigenvalue weighted by Crippen LogP contribution is 2.25. The maximum absolute atomic E-state index is 5.57. The zero-order valence-corrected chi connectivity index (χ0v) is 14.6. The predicted octanol–water partition coefficient (Wildman–Crippen LogP) is 3.79. The fourth-order valence-electron chi connectivity index (χ4n) is 3.56. The van der Waals surface area contributed by atoms with E-state index in [2.05, 4.69) is 35.1 Å². The van der Waals surface area contributed by atoms with E-state index < -0.39 is 0 Å². The van der Waals surface area contributed by atoms with Gasteiger partial charge in [-0.25, -0.2) is 0 Å². The van der Waals surface area contributed by atoms with Crippen LogP contribution in [0, 0.1) is 12.8 Å². The van der Waals surface area contributed by atoms with Crippen LogP contribution in [0.4, 0.5) is 0 Å². The maximum atomic E-state index is 5.57. The first-order valence-corrected chi connectivity index (χ1v) is 8.84. The summed E-state index contributed by atoms with van der Waals surface area (Å²) in [5.41, 5.74) is 3.06. The summed E-state index contributed by atoms with van der Waals surface area (Å²) >= 11 is 0. The smallest absolute Gasteiger partial charge is 0.151 e. The van der Waals surface area contributed by atoms with Crippen LogP contribution in [0.2, 0.25) is 0 Å². The van der Waals surface area contributed by atoms with Crippen LogP contribution in [0.1, 0.15) is 50.5 Å². The summed E-state index contributed by atoms with van der Waals surface area (Å²) in [4.78, 5) is 2.51. The van der Waals surface area contributed by atoms with Crippen molar-refractivity contribution in [1.82, 2.24) is 19.8 Å². The van der Waals surface area contributed by atoms with Gasteiger partial charge >= 0.3 is 0 Å². The van der Waals surface area contributed by atoms with Crippen LogP contribution in [-0.4, -0.2) is 32.9 Å². The SMILES string of the molecule is CCCC1CCCN(Cc2cc(-c3cnn(C)c3C)no2)CC1. The van der Waals surface area contributed by atoms with Crippen LogP contribution in [0.15, 0.2) is 16.8 Å². The molecule has 0 saturated carbocycles. The van der Waals surface area contributed by atoms with Crippen LogP contribution in [-0.2, 0) is 13.6 Å². The van der Waals surface area contributed by atoms with Gasteiger partial charge in [-0.15, -0.1) is 0 Å². The lowest BCUT2D eigenvalue weighted by Gasteiger charge is -2.18. The van der Waals surface area contributed by atoms with Gasteiger partial charge in [0.15, 0.2) is 5.76 Å². The Morgan fingerprint density at radius 3 is 2.91 bits per heavy atom. The van der Waals surface area contributed by atoms with Gasteiger partial charge in [-0.3, -0.25) is 9.58 Å². The van der Waals surface area contributed by atoms with Gasteiger partial charge in [0.1, 0.15) is 5.69 Å². The average molecular weight is 316 g/mol. The molecule has 1 fully saturated rings. The summed E-state index contributed by atoms with van der Waals surface area (Å²) in [6.07, 6.45) is 8.53. The van der Waals surface area contributed by atoms with Gasteiger partial charge in [0.05, 0.1) is 12.7 Å². The Morgan fingerprint density at radius 1 is 1.30 bits per heavy atom. The average Bonchev–Trinajstić information content (AvgIpc) is 3.04. The number of aryl methyl sites for hydroxylation is 1. The minimum absolute atomic E-state index is 0.866. The summed E-state index contributed by atoms with van der Waals surface area (Å²) in [5, 5.41) is 8.52. The van der Waals surface area contributed by atoms with Crippen molar-refractivity contribution in [2.45, 2.75) is 52.5 Å². The van der Waals surface area contributed by atoms with Crippen molar-refractivity contribution in [2.75, 3.05) is 13.1 Å². The zero-order valence-electron chi connectivity index (χ0n) is 14.6. The minimum atomic E-state index is 0.866. The van der Waals surface area contributed by atoms with E-state index in [0.717, 1.165) is 35.2 Å². The molecule has 1 atom stereocenters. The highest BCUT2D eigenvalue weighted by Gasteiger charge is 2.19. The number of likely N-dealkylation sites (tertiary alicyclic amines) is 1. The van der Waals surface area contributed by atoms with E-state index in [1.807, 2.05) is 17.9 Å². The topological polar surface area (TPSA) is 47.1 Å². The summed E-state index contributed by atoms with van der Waals surface area (Å²) in [6.45, 7) is 7.55. The second kappa shape index (κ2) is 7.30. The van der Waals surface area contributed by atoms with E-state index in [4.69, 9.17) is 4.52 Å². The Kier molecular flexibility index (Phi) is 5.16. The van der Waals surface area contributed by atoms with Gasteiger partial charge in [0.25, 0.3) is 0 Å². The van der Waals surface area contributed by atoms with Crippen molar-refractivity contribution < 1.29 is 4.52 Å². The molecule has 126 valence electrons. The third-order valence-corrected chi connectivity index (χ3v) is 5.09. The highest BCUT2D eigenvalue weighted by atomic mass is 16.5. The largest absolute Gasteiger partial charge is 0.359 e. The molecule has 0 amide bonds. The fourth-order valence-corrected chi connectivity index (χ4v) is 3.56. The van der Waals surface area contributed by atoms with Crippen LogP contribution in [0.3, 0.4) is 0 Å². The van der Waals surface area contributed by atoms with Crippen LogP contribution >= 0.6 is 0 Å². The van der Waals surface area contributed by atoms with E-state index >= 15 is 0 Å². The first-order valence-electron chi connectivity index (χ1n) is 8.84. The van der Waals surface area contributed by atoms with Crippen molar-refractivity contribution in [3.8, 4) is 11.3 Å². The maximum Gasteiger partial charge on any atom is 0.151 e. The van der Waals surface area contributed by atoms with Gasteiger partial charge in [-0.2, -0.15) is 5.10 Å². The molecule has 1 unspecified atom stereocenters. The molecular weight excluding hydrogens is 288 g/mol. The monoisotopic (exact) mass is 316 g/mol. The van der Waals surface area contributed by atoms with Crippen LogP contribution in [0.25, 0.3) is 11.3 Å². The molecular formula is C18H28N4O. The molecule has 1 aliphatic rings. The molecule has 0 bridgehead atoms. The molecule has 5 heteroatoms. The standard InChI is InChI=1S/C18H28N4O/c1-4-6-15-7-5-9-22(10-8-15)13-16-11-18(20-23-16)17-12-19-21(3)14(17)2/h11-12,15H,4-10,13H2,1-3H3. The molecule has 1 saturated heterocycles. The van der Waals surface area contributed by atoms with Crippen molar-refractivity contribution in [3.63, 3.8) is 0 Å². The number of rotatable bonds is 5. The second-order valence-electron chi connectivity index (χ2n) is 6.81. The third kappa shape index (κ3) is 3.83. The Labute approximate surface area is 138 Å². The minimum Gasteiger partial charge on any atom is -0.359 e. The van der Waals surface area contributed by atoms with Gasteiger partial charge in [-0.1, -0.05) is 24.9 Å². The van der Waals surface area contributed by atoms with Gasteiger partial charge in [0.2, 0.25) is 0 Å². The Morgan fingerprint density at radius 2 is 2.17 bits per heavy atom. The lowest BCUT2D eigenvalue weighted by molar-refractivity contribution is 0.235. The molecule has 2 aromatic rings. The first-order chi connectivity index (χ1) is 11.2. The molecule has 0 aromatic carbocycles. The van der Waals surface area contributed by atoms with Crippen molar-refractivity contribution in [3.05, 3.63) is 23.7 Å². The summed E-state index contributed by atoms with van der Waals surface area (Å²) in [7, 11) is 1.95. The summed E-state index contributed by atoms with van der Waals surface area (Å²) < 4.78 is 7.44. The van der Waals surface area contributed by atoms with Crippen LogP contribution < -0.4 is 0 Å². The van der Waals surface area contributed by atoms with E-state index in [-0.39, 0.29) is 0 Å². The summed E-state index contributed by atoms with van der Waals surface area (Å²) in [5.74, 6) is 1.87. The van der Waals surface area contributed by atoms with Crippen LogP contribution in [0.5, 0.6) is 0 Å². The van der Waals surface area contributed by atoms with E-state index in [0.29, 0.717) is 0 Å². The number of aromatic nitrogens is 3. The highest BCUT2D eigenvalue weighted by molar-refractivity contribution is 5.60. The normalized spacial score (nSPS) is 19.9. The molecule has 1 aliphatic heterocycles. The molecule has 0 radical (unpaired) electrons. The Hall–Kier alpha value is -1.62. The molecule has 3 heterocycles. The van der Waals surface area contributed by atoms with E-state index in [9.17, 15) is 0 Å². The summed E-state index contributed by atoms with van der Waals surface area (Å²) in [6, 6.07) is 2.07. The van der Waals surface area contributed by atoms with E-state index in [1.54, 1.807) is 0 Å². The zero-order chi connectivity index (χ0) is 16.2. The molecule has 23 heavy (non-hydrogen) atoms. The van der Waals surface area contributed by atoms with Crippen molar-refractivity contribution in [2.24, 2.45) is 13.0 Å². The molecule has 0 aliphatic carbocycles. The number of hydrogen-bond donors (Lipinski definition) is 0.